The molecule has 0 spiro atoms. The molecule has 8 heteroatoms. The number of allylic oxidation sites excluding steroid dienone is 1. The van der Waals surface area contributed by atoms with Crippen LogP contribution in [-0.4, -0.2) is 35.3 Å². The normalized spacial score (nSPS) is 16.6. The van der Waals surface area contributed by atoms with Gasteiger partial charge in [0, 0.05) is 5.56 Å². The Morgan fingerprint density at radius 1 is 0.964 bits per heavy atom. The number of fused-ring (bicyclic) bond motifs is 1. The quantitative estimate of drug-likeness (QED) is 0.751. The van der Waals surface area contributed by atoms with Crippen molar-refractivity contribution in [2.75, 3.05) is 6.54 Å². The van der Waals surface area contributed by atoms with Crippen molar-refractivity contribution in [1.82, 2.24) is 4.90 Å². The lowest BCUT2D eigenvalue weighted by Crippen LogP contribution is -2.30. The molecule has 0 aromatic heterocycles. The van der Waals surface area contributed by atoms with E-state index in [0.717, 1.165) is 4.90 Å². The Morgan fingerprint density at radius 3 is 2.07 bits per heavy atom. The molecular formula is C20H13F3N2O3. The van der Waals surface area contributed by atoms with Crippen molar-refractivity contribution in [2.45, 2.75) is 13.3 Å². The number of hydrogen-bond acceptors (Lipinski definition) is 4. The van der Waals surface area contributed by atoms with Gasteiger partial charge in [-0.15, -0.1) is 13.2 Å². The zero-order valence-corrected chi connectivity index (χ0v) is 14.6. The Morgan fingerprint density at radius 2 is 1.54 bits per heavy atom. The Labute approximate surface area is 157 Å². The van der Waals surface area contributed by atoms with Crippen molar-refractivity contribution < 1.29 is 27.5 Å². The Kier molecular flexibility index (Phi) is 4.06. The van der Waals surface area contributed by atoms with Crippen LogP contribution in [0.15, 0.2) is 64.8 Å². The fraction of sp³-hybridized carbons (Fsp3) is 0.150. The number of imide groups is 1. The maximum absolute atomic E-state index is 12.7. The second kappa shape index (κ2) is 6.33. The van der Waals surface area contributed by atoms with E-state index in [1.54, 1.807) is 31.2 Å². The van der Waals surface area contributed by atoms with Crippen molar-refractivity contribution in [1.29, 1.82) is 0 Å². The zero-order chi connectivity index (χ0) is 20.1. The molecule has 0 atom stereocenters. The third-order valence-electron chi connectivity index (χ3n) is 4.60. The first-order chi connectivity index (χ1) is 13.3. The van der Waals surface area contributed by atoms with E-state index in [9.17, 15) is 22.8 Å². The van der Waals surface area contributed by atoms with Crippen LogP contribution < -0.4 is 4.74 Å². The molecule has 0 N–H and O–H groups in total. The first-order valence-electron chi connectivity index (χ1n) is 8.35. The number of carbonyl (C=O) groups is 2. The van der Waals surface area contributed by atoms with Gasteiger partial charge >= 0.3 is 6.36 Å². The highest BCUT2D eigenvalue weighted by atomic mass is 19.4. The minimum Gasteiger partial charge on any atom is -0.406 e. The zero-order valence-electron chi connectivity index (χ0n) is 14.6. The molecule has 2 amide bonds. The SMILES string of the molecule is CC1=C(N2C(=O)c3ccccc3C2=O)CN=C1c1ccc(OC(F)(F)F)cc1. The van der Waals surface area contributed by atoms with Crippen molar-refractivity contribution >= 4 is 17.5 Å². The highest BCUT2D eigenvalue weighted by Gasteiger charge is 2.39. The van der Waals surface area contributed by atoms with Crippen LogP contribution in [0, 0.1) is 0 Å². The number of alkyl halides is 3. The lowest BCUT2D eigenvalue weighted by molar-refractivity contribution is -0.274. The van der Waals surface area contributed by atoms with Gasteiger partial charge in [-0.1, -0.05) is 12.1 Å². The predicted octanol–water partition coefficient (Wildman–Crippen LogP) is 3.96. The topological polar surface area (TPSA) is 59.0 Å². The average molecular weight is 386 g/mol. The molecule has 0 unspecified atom stereocenters. The van der Waals surface area contributed by atoms with Gasteiger partial charge in [-0.25, -0.2) is 4.90 Å². The molecule has 5 nitrogen and oxygen atoms in total. The van der Waals surface area contributed by atoms with Crippen LogP contribution in [0.1, 0.15) is 33.2 Å². The third-order valence-corrected chi connectivity index (χ3v) is 4.60. The minimum absolute atomic E-state index is 0.132. The van der Waals surface area contributed by atoms with Crippen LogP contribution in [0.3, 0.4) is 0 Å². The summed E-state index contributed by atoms with van der Waals surface area (Å²) in [4.78, 5) is 30.8. The van der Waals surface area contributed by atoms with Gasteiger partial charge in [0.1, 0.15) is 5.75 Å². The smallest absolute Gasteiger partial charge is 0.406 e. The number of carbonyl (C=O) groups excluding carboxylic acids is 2. The molecule has 142 valence electrons. The molecule has 2 aliphatic heterocycles. The van der Waals surface area contributed by atoms with E-state index in [2.05, 4.69) is 9.73 Å². The lowest BCUT2D eigenvalue weighted by atomic mass is 10.0. The first kappa shape index (κ1) is 18.0. The van der Waals surface area contributed by atoms with Gasteiger partial charge in [0.15, 0.2) is 0 Å². The van der Waals surface area contributed by atoms with E-state index >= 15 is 0 Å². The molecule has 2 aliphatic rings. The Balaban J connectivity index is 1.62. The van der Waals surface area contributed by atoms with Gasteiger partial charge in [-0.05, 0) is 48.9 Å². The van der Waals surface area contributed by atoms with Crippen LogP contribution in [0.2, 0.25) is 0 Å². The fourth-order valence-electron chi connectivity index (χ4n) is 3.32. The van der Waals surface area contributed by atoms with Gasteiger partial charge in [0.25, 0.3) is 11.8 Å². The second-order valence-electron chi connectivity index (χ2n) is 6.30. The van der Waals surface area contributed by atoms with Crippen molar-refractivity contribution in [3.05, 3.63) is 76.5 Å². The van der Waals surface area contributed by atoms with E-state index in [0.29, 0.717) is 33.7 Å². The van der Waals surface area contributed by atoms with Crippen LogP contribution in [0.5, 0.6) is 5.75 Å². The van der Waals surface area contributed by atoms with Crippen molar-refractivity contribution in [3.8, 4) is 5.75 Å². The largest absolute Gasteiger partial charge is 0.573 e. The number of halogens is 3. The van der Waals surface area contributed by atoms with Gasteiger partial charge in [-0.3, -0.25) is 14.6 Å². The Bertz CT molecular complexity index is 1020. The maximum atomic E-state index is 12.7. The maximum Gasteiger partial charge on any atom is 0.573 e. The summed E-state index contributed by atoms with van der Waals surface area (Å²) in [5.41, 5.74) is 2.87. The number of hydrogen-bond donors (Lipinski definition) is 0. The fourth-order valence-corrected chi connectivity index (χ4v) is 3.32. The van der Waals surface area contributed by atoms with E-state index < -0.39 is 18.2 Å². The van der Waals surface area contributed by atoms with Crippen LogP contribution in [0.4, 0.5) is 13.2 Å². The average Bonchev–Trinajstić information content (AvgIpc) is 3.13. The van der Waals surface area contributed by atoms with Crippen LogP contribution >= 0.6 is 0 Å². The molecule has 2 aromatic rings. The van der Waals surface area contributed by atoms with Gasteiger partial charge < -0.3 is 4.74 Å². The molecule has 2 heterocycles. The van der Waals surface area contributed by atoms with Crippen molar-refractivity contribution in [2.24, 2.45) is 4.99 Å². The lowest BCUT2D eigenvalue weighted by Gasteiger charge is -2.16. The number of amides is 2. The van der Waals surface area contributed by atoms with E-state index in [1.807, 2.05) is 0 Å². The first-order valence-corrected chi connectivity index (χ1v) is 8.35. The summed E-state index contributed by atoms with van der Waals surface area (Å²) in [6.45, 7) is 1.86. The monoisotopic (exact) mass is 386 g/mol. The van der Waals surface area contributed by atoms with Gasteiger partial charge in [0.2, 0.25) is 0 Å². The second-order valence-corrected chi connectivity index (χ2v) is 6.30. The summed E-state index contributed by atoms with van der Waals surface area (Å²) in [5, 5.41) is 0. The third kappa shape index (κ3) is 2.96. The summed E-state index contributed by atoms with van der Waals surface area (Å²) in [7, 11) is 0. The summed E-state index contributed by atoms with van der Waals surface area (Å²) < 4.78 is 40.7. The van der Waals surface area contributed by atoms with Gasteiger partial charge in [-0.2, -0.15) is 0 Å². The molecule has 0 saturated carbocycles. The number of ether oxygens (including phenoxy) is 1. The van der Waals surface area contributed by atoms with Crippen LogP contribution in [0.25, 0.3) is 0 Å². The molecule has 0 fully saturated rings. The molecule has 28 heavy (non-hydrogen) atoms. The highest BCUT2D eigenvalue weighted by Crippen LogP contribution is 2.31. The number of nitrogens with zero attached hydrogens (tertiary/aromatic N) is 2. The van der Waals surface area contributed by atoms with E-state index in [4.69, 9.17) is 0 Å². The van der Waals surface area contributed by atoms with Crippen molar-refractivity contribution in [3.63, 3.8) is 0 Å². The highest BCUT2D eigenvalue weighted by molar-refractivity contribution is 6.24. The standard InChI is InChI=1S/C20H13F3N2O3/c1-11-16(25-18(26)14-4-2-3-5-15(14)19(25)27)10-24-17(11)12-6-8-13(9-7-12)28-20(21,22)23/h2-9H,10H2,1H3. The molecule has 4 rings (SSSR count). The van der Waals surface area contributed by atoms with E-state index in [-0.39, 0.29) is 12.3 Å². The summed E-state index contributed by atoms with van der Waals surface area (Å²) in [5.74, 6) is -1.14. The number of benzene rings is 2. The summed E-state index contributed by atoms with van der Waals surface area (Å²) in [6, 6.07) is 11.9. The van der Waals surface area contributed by atoms with E-state index in [1.165, 1.54) is 24.3 Å². The van der Waals surface area contributed by atoms with Crippen LogP contribution in [-0.2, 0) is 0 Å². The molecule has 0 aliphatic carbocycles. The minimum atomic E-state index is -4.76. The molecule has 0 radical (unpaired) electrons. The summed E-state index contributed by atoms with van der Waals surface area (Å²) >= 11 is 0. The molecule has 0 bridgehead atoms. The molecular weight excluding hydrogens is 373 g/mol. The Hall–Kier alpha value is -3.42. The van der Waals surface area contributed by atoms with Gasteiger partial charge in [0.05, 0.1) is 29.1 Å². The molecule has 2 aromatic carbocycles. The number of rotatable bonds is 3. The predicted molar refractivity (Wildman–Crippen MR) is 94.2 cm³/mol. The summed E-state index contributed by atoms with van der Waals surface area (Å²) in [6.07, 6.45) is -4.76. The number of aliphatic imine (C=N–C) groups is 1. The molecule has 0 saturated heterocycles.